The number of ether oxygens (including phenoxy) is 2. The predicted octanol–water partition coefficient (Wildman–Crippen LogP) is 3.63. The fraction of sp³-hybridized carbons (Fsp3) is 0.800. The highest BCUT2D eigenvalue weighted by atomic mass is 16.6. The van der Waals surface area contributed by atoms with Gasteiger partial charge in [-0.15, -0.1) is 0 Å². The third-order valence-electron chi connectivity index (χ3n) is 6.29. The fourth-order valence-electron chi connectivity index (χ4n) is 4.81. The Morgan fingerprint density at radius 3 is 2.56 bits per heavy atom. The lowest BCUT2D eigenvalue weighted by Crippen LogP contribution is -2.56. The molecule has 2 heterocycles. The number of piperidine rings is 1. The van der Waals surface area contributed by atoms with Crippen LogP contribution >= 0.6 is 0 Å². The summed E-state index contributed by atoms with van der Waals surface area (Å²) in [4.78, 5) is 26.7. The minimum absolute atomic E-state index is 0.0164. The van der Waals surface area contributed by atoms with Crippen molar-refractivity contribution in [3.63, 3.8) is 0 Å². The Kier molecular flexibility index (Phi) is 5.40. The molecule has 4 aliphatic rings. The zero-order chi connectivity index (χ0) is 18.1. The first-order valence-electron chi connectivity index (χ1n) is 9.64. The van der Waals surface area contributed by atoms with Crippen LogP contribution in [0.25, 0.3) is 0 Å². The standard InChI is InChI=1S/C20H31NO4/c1-12(2)15-7-5-13(3)9-18(15)25-20(23)21-11-14-6-8-17(21)16(10-14)19(22)24-4/h6,8,12-18H,5,7,9-11H2,1-4H3/t13-,14-,15+,16-,17+,18-/m1/s1. The average Bonchev–Trinajstić information content (AvgIpc) is 2.61. The molecule has 6 atom stereocenters. The molecule has 1 saturated heterocycles. The predicted molar refractivity (Wildman–Crippen MR) is 94.9 cm³/mol. The van der Waals surface area contributed by atoms with Crippen molar-refractivity contribution in [2.24, 2.45) is 29.6 Å². The number of rotatable bonds is 3. The number of amides is 1. The van der Waals surface area contributed by atoms with E-state index in [-0.39, 0.29) is 36.0 Å². The summed E-state index contributed by atoms with van der Waals surface area (Å²) in [6.07, 6.45) is 7.83. The van der Waals surface area contributed by atoms with Gasteiger partial charge in [-0.05, 0) is 42.9 Å². The van der Waals surface area contributed by atoms with Crippen LogP contribution in [0.15, 0.2) is 12.2 Å². The SMILES string of the molecule is COC(=O)[C@@H]1C[C@H]2C=C[C@@H]1N(C(=O)O[C@@H]1C[C@H](C)CC[C@H]1C(C)C)C2. The topological polar surface area (TPSA) is 55.8 Å². The van der Waals surface area contributed by atoms with Crippen molar-refractivity contribution >= 4 is 12.1 Å². The quantitative estimate of drug-likeness (QED) is 0.577. The first-order chi connectivity index (χ1) is 11.9. The van der Waals surface area contributed by atoms with E-state index in [1.807, 2.05) is 6.08 Å². The largest absolute Gasteiger partial charge is 0.469 e. The van der Waals surface area contributed by atoms with E-state index in [9.17, 15) is 9.59 Å². The summed E-state index contributed by atoms with van der Waals surface area (Å²) in [5.41, 5.74) is 0. The Bertz CT molecular complexity index is 544. The first kappa shape index (κ1) is 18.3. The van der Waals surface area contributed by atoms with Crippen LogP contribution < -0.4 is 0 Å². The molecule has 0 unspecified atom stereocenters. The van der Waals surface area contributed by atoms with E-state index in [4.69, 9.17) is 9.47 Å². The Hall–Kier alpha value is -1.52. The summed E-state index contributed by atoms with van der Waals surface area (Å²) in [6.45, 7) is 7.29. The zero-order valence-corrected chi connectivity index (χ0v) is 15.8. The van der Waals surface area contributed by atoms with Crippen LogP contribution in [0.4, 0.5) is 4.79 Å². The number of fused-ring (bicyclic) bond motifs is 2. The maximum Gasteiger partial charge on any atom is 0.410 e. The minimum Gasteiger partial charge on any atom is -0.469 e. The van der Waals surface area contributed by atoms with Gasteiger partial charge in [-0.25, -0.2) is 4.79 Å². The smallest absolute Gasteiger partial charge is 0.410 e. The highest BCUT2D eigenvalue weighted by Gasteiger charge is 2.45. The van der Waals surface area contributed by atoms with Crippen molar-refractivity contribution < 1.29 is 19.1 Å². The van der Waals surface area contributed by atoms with Gasteiger partial charge >= 0.3 is 12.1 Å². The van der Waals surface area contributed by atoms with E-state index < -0.39 is 0 Å². The summed E-state index contributed by atoms with van der Waals surface area (Å²) < 4.78 is 10.9. The van der Waals surface area contributed by atoms with Crippen LogP contribution in [-0.4, -0.2) is 42.8 Å². The number of esters is 1. The maximum absolute atomic E-state index is 12.9. The summed E-state index contributed by atoms with van der Waals surface area (Å²) >= 11 is 0. The normalized spacial score (nSPS) is 37.2. The number of hydrogen-bond acceptors (Lipinski definition) is 4. The van der Waals surface area contributed by atoms with E-state index in [2.05, 4.69) is 26.8 Å². The molecule has 25 heavy (non-hydrogen) atoms. The van der Waals surface area contributed by atoms with Gasteiger partial charge < -0.3 is 14.4 Å². The third kappa shape index (κ3) is 3.70. The van der Waals surface area contributed by atoms with E-state index in [0.29, 0.717) is 24.3 Å². The van der Waals surface area contributed by atoms with Crippen molar-refractivity contribution in [1.82, 2.24) is 4.90 Å². The molecule has 2 fully saturated rings. The van der Waals surface area contributed by atoms with E-state index in [1.54, 1.807) is 4.90 Å². The second kappa shape index (κ2) is 7.38. The zero-order valence-electron chi connectivity index (χ0n) is 15.8. The molecular formula is C20H31NO4. The molecule has 0 aromatic heterocycles. The molecule has 0 N–H and O–H groups in total. The molecule has 2 aliphatic carbocycles. The van der Waals surface area contributed by atoms with Gasteiger partial charge in [0.1, 0.15) is 6.10 Å². The molecule has 1 amide bonds. The Morgan fingerprint density at radius 1 is 1.16 bits per heavy atom. The second-order valence-electron chi connectivity index (χ2n) is 8.40. The Morgan fingerprint density at radius 2 is 1.92 bits per heavy atom. The lowest BCUT2D eigenvalue weighted by molar-refractivity contribution is -0.149. The van der Waals surface area contributed by atoms with Gasteiger partial charge in [0.15, 0.2) is 0 Å². The minimum atomic E-state index is -0.271. The van der Waals surface area contributed by atoms with Crippen LogP contribution in [0.1, 0.15) is 46.5 Å². The average molecular weight is 349 g/mol. The van der Waals surface area contributed by atoms with Crippen LogP contribution in [-0.2, 0) is 14.3 Å². The number of methoxy groups -OCH3 is 1. The molecule has 0 spiro atoms. The van der Waals surface area contributed by atoms with E-state index >= 15 is 0 Å². The maximum atomic E-state index is 12.9. The Balaban J connectivity index is 1.70. The van der Waals surface area contributed by atoms with E-state index in [1.165, 1.54) is 13.5 Å². The highest BCUT2D eigenvalue weighted by molar-refractivity contribution is 5.77. The van der Waals surface area contributed by atoms with Gasteiger partial charge in [0.25, 0.3) is 0 Å². The van der Waals surface area contributed by atoms with Crippen molar-refractivity contribution in [1.29, 1.82) is 0 Å². The molecule has 0 aromatic rings. The molecule has 2 aliphatic heterocycles. The van der Waals surface area contributed by atoms with Crippen LogP contribution in [0, 0.1) is 29.6 Å². The Labute approximate surface area is 150 Å². The van der Waals surface area contributed by atoms with Gasteiger partial charge in [-0.1, -0.05) is 39.3 Å². The molecule has 5 nitrogen and oxygen atoms in total. The van der Waals surface area contributed by atoms with Gasteiger partial charge in [0.2, 0.25) is 0 Å². The lowest BCUT2D eigenvalue weighted by atomic mass is 9.75. The molecule has 140 valence electrons. The van der Waals surface area contributed by atoms with Gasteiger partial charge in [-0.2, -0.15) is 0 Å². The highest BCUT2D eigenvalue weighted by Crippen LogP contribution is 2.38. The monoisotopic (exact) mass is 349 g/mol. The molecule has 2 bridgehead atoms. The van der Waals surface area contributed by atoms with E-state index in [0.717, 1.165) is 19.3 Å². The van der Waals surface area contributed by atoms with Crippen molar-refractivity contribution in [2.45, 2.75) is 58.6 Å². The molecular weight excluding hydrogens is 318 g/mol. The van der Waals surface area contributed by atoms with Crippen molar-refractivity contribution in [2.75, 3.05) is 13.7 Å². The number of carbonyl (C=O) groups excluding carboxylic acids is 2. The summed E-state index contributed by atoms with van der Waals surface area (Å²) in [7, 11) is 1.41. The van der Waals surface area contributed by atoms with Crippen LogP contribution in [0.5, 0.6) is 0 Å². The van der Waals surface area contributed by atoms with Gasteiger partial charge in [0, 0.05) is 6.54 Å². The molecule has 4 rings (SSSR count). The third-order valence-corrected chi connectivity index (χ3v) is 6.29. The molecule has 0 aromatic carbocycles. The van der Waals surface area contributed by atoms with Crippen molar-refractivity contribution in [3.05, 3.63) is 12.2 Å². The van der Waals surface area contributed by atoms with Crippen LogP contribution in [0.3, 0.4) is 0 Å². The van der Waals surface area contributed by atoms with Gasteiger partial charge in [0.05, 0.1) is 19.1 Å². The van der Waals surface area contributed by atoms with Gasteiger partial charge in [-0.3, -0.25) is 4.79 Å². The molecule has 0 radical (unpaired) electrons. The number of nitrogens with zero attached hydrogens (tertiary/aromatic N) is 1. The first-order valence-corrected chi connectivity index (χ1v) is 9.64. The molecule has 1 saturated carbocycles. The van der Waals surface area contributed by atoms with Crippen LogP contribution in [0.2, 0.25) is 0 Å². The number of hydrogen-bond donors (Lipinski definition) is 0. The summed E-state index contributed by atoms with van der Waals surface area (Å²) in [6, 6.07) is -0.233. The summed E-state index contributed by atoms with van der Waals surface area (Å²) in [5.74, 6) is 1.23. The van der Waals surface area contributed by atoms with Crippen molar-refractivity contribution in [3.8, 4) is 0 Å². The molecule has 5 heteroatoms. The second-order valence-corrected chi connectivity index (χ2v) is 8.40. The summed E-state index contributed by atoms with van der Waals surface area (Å²) in [5, 5.41) is 0. The number of carbonyl (C=O) groups is 2. The lowest BCUT2D eigenvalue weighted by Gasteiger charge is -2.45. The fourth-order valence-corrected chi connectivity index (χ4v) is 4.81.